The quantitative estimate of drug-likeness (QED) is 0.680. The van der Waals surface area contributed by atoms with E-state index in [1.54, 1.807) is 29.2 Å². The molecular weight excluding hydrogens is 413 g/mol. The maximum atomic E-state index is 13.4. The van der Waals surface area contributed by atoms with E-state index in [9.17, 15) is 18.8 Å². The monoisotopic (exact) mass is 439 g/mol. The van der Waals surface area contributed by atoms with Gasteiger partial charge in [-0.25, -0.2) is 14.1 Å². The van der Waals surface area contributed by atoms with Crippen molar-refractivity contribution in [2.75, 3.05) is 17.3 Å². The molecule has 1 heterocycles. The molecule has 7 nitrogen and oxygen atoms in total. The van der Waals surface area contributed by atoms with Crippen molar-refractivity contribution < 1.29 is 23.5 Å². The van der Waals surface area contributed by atoms with E-state index in [0.717, 1.165) is 37.0 Å². The molecule has 2 aromatic rings. The highest BCUT2D eigenvalue weighted by Crippen LogP contribution is 2.34. The average molecular weight is 439 g/mol. The van der Waals surface area contributed by atoms with Gasteiger partial charge in [0.2, 0.25) is 5.91 Å². The number of hydrogen-bond donors (Lipinski definition) is 1. The second-order valence-electron chi connectivity index (χ2n) is 8.13. The SMILES string of the molecule is COc1cccc(N2C(=O)[C@H](CC(=O)Nc3ccc(F)cc3)N(C3CCCCC3)C2=O)c1. The summed E-state index contributed by atoms with van der Waals surface area (Å²) < 4.78 is 18.4. The number of carbonyl (C=O) groups excluding carboxylic acids is 3. The Labute approximate surface area is 186 Å². The van der Waals surface area contributed by atoms with Gasteiger partial charge in [0.25, 0.3) is 5.91 Å². The fourth-order valence-electron chi connectivity index (χ4n) is 4.47. The van der Waals surface area contributed by atoms with Gasteiger partial charge >= 0.3 is 6.03 Å². The summed E-state index contributed by atoms with van der Waals surface area (Å²) in [6.45, 7) is 0. The minimum absolute atomic E-state index is 0.0839. The molecule has 1 saturated carbocycles. The van der Waals surface area contributed by atoms with Crippen molar-refractivity contribution in [2.24, 2.45) is 0 Å². The van der Waals surface area contributed by atoms with E-state index >= 15 is 0 Å². The summed E-state index contributed by atoms with van der Waals surface area (Å²) in [5, 5.41) is 2.69. The van der Waals surface area contributed by atoms with Crippen molar-refractivity contribution in [1.29, 1.82) is 0 Å². The number of anilines is 2. The lowest BCUT2D eigenvalue weighted by molar-refractivity contribution is -0.125. The summed E-state index contributed by atoms with van der Waals surface area (Å²) in [5.41, 5.74) is 0.851. The molecule has 2 fully saturated rings. The van der Waals surface area contributed by atoms with E-state index in [1.165, 1.54) is 31.4 Å². The third-order valence-electron chi connectivity index (χ3n) is 6.04. The molecule has 4 rings (SSSR count). The van der Waals surface area contributed by atoms with Crippen molar-refractivity contribution >= 4 is 29.2 Å². The van der Waals surface area contributed by atoms with Crippen molar-refractivity contribution in [3.05, 3.63) is 54.3 Å². The first-order valence-corrected chi connectivity index (χ1v) is 10.8. The van der Waals surface area contributed by atoms with Crippen LogP contribution in [0.2, 0.25) is 0 Å². The molecule has 1 atom stereocenters. The number of methoxy groups -OCH3 is 1. The van der Waals surface area contributed by atoms with Gasteiger partial charge in [-0.3, -0.25) is 9.59 Å². The van der Waals surface area contributed by atoms with Crippen LogP contribution in [0.1, 0.15) is 38.5 Å². The summed E-state index contributed by atoms with van der Waals surface area (Å²) in [7, 11) is 1.52. The number of urea groups is 1. The molecule has 1 N–H and O–H groups in total. The van der Waals surface area contributed by atoms with E-state index < -0.39 is 29.7 Å². The number of carbonyl (C=O) groups is 3. The van der Waals surface area contributed by atoms with Gasteiger partial charge in [0.05, 0.1) is 19.2 Å². The summed E-state index contributed by atoms with van der Waals surface area (Å²) in [6.07, 6.45) is 4.51. The highest BCUT2D eigenvalue weighted by Gasteiger charge is 2.49. The Bertz CT molecular complexity index is 1000. The number of rotatable bonds is 6. The maximum absolute atomic E-state index is 13.4. The van der Waals surface area contributed by atoms with E-state index in [4.69, 9.17) is 4.74 Å². The molecule has 32 heavy (non-hydrogen) atoms. The van der Waals surface area contributed by atoms with Crippen LogP contribution in [0.4, 0.5) is 20.6 Å². The van der Waals surface area contributed by atoms with Gasteiger partial charge in [0.15, 0.2) is 0 Å². The fourth-order valence-corrected chi connectivity index (χ4v) is 4.47. The Kier molecular flexibility index (Phi) is 6.39. The van der Waals surface area contributed by atoms with Gasteiger partial charge in [-0.2, -0.15) is 0 Å². The maximum Gasteiger partial charge on any atom is 0.332 e. The summed E-state index contributed by atoms with van der Waals surface area (Å²) in [6, 6.07) is 10.8. The van der Waals surface area contributed by atoms with Crippen LogP contribution >= 0.6 is 0 Å². The lowest BCUT2D eigenvalue weighted by Crippen LogP contribution is -2.45. The first-order valence-electron chi connectivity index (χ1n) is 10.8. The van der Waals surface area contributed by atoms with Gasteiger partial charge in [-0.15, -0.1) is 0 Å². The molecule has 0 spiro atoms. The summed E-state index contributed by atoms with van der Waals surface area (Å²) in [5.74, 6) is -0.707. The van der Waals surface area contributed by atoms with E-state index in [1.807, 2.05) is 0 Å². The molecule has 1 saturated heterocycles. The topological polar surface area (TPSA) is 79.0 Å². The van der Waals surface area contributed by atoms with Crippen molar-refractivity contribution in [2.45, 2.75) is 50.6 Å². The largest absolute Gasteiger partial charge is 0.497 e. The molecule has 1 aliphatic heterocycles. The van der Waals surface area contributed by atoms with Crippen LogP contribution in [0.5, 0.6) is 5.75 Å². The molecule has 1 aliphatic carbocycles. The number of amides is 4. The molecule has 0 bridgehead atoms. The summed E-state index contributed by atoms with van der Waals surface area (Å²) in [4.78, 5) is 42.3. The van der Waals surface area contributed by atoms with Crippen LogP contribution in [0.25, 0.3) is 0 Å². The van der Waals surface area contributed by atoms with E-state index in [-0.39, 0.29) is 12.5 Å². The number of halogens is 1. The molecule has 0 unspecified atom stereocenters. The lowest BCUT2D eigenvalue weighted by atomic mass is 9.93. The third kappa shape index (κ3) is 4.44. The second kappa shape index (κ2) is 9.38. The Morgan fingerprint density at radius 1 is 1.09 bits per heavy atom. The number of ether oxygens (including phenoxy) is 1. The minimum Gasteiger partial charge on any atom is -0.497 e. The van der Waals surface area contributed by atoms with Crippen molar-refractivity contribution in [3.63, 3.8) is 0 Å². The highest BCUT2D eigenvalue weighted by atomic mass is 19.1. The third-order valence-corrected chi connectivity index (χ3v) is 6.04. The zero-order chi connectivity index (χ0) is 22.7. The van der Waals surface area contributed by atoms with Crippen molar-refractivity contribution in [3.8, 4) is 5.75 Å². The number of hydrogen-bond acceptors (Lipinski definition) is 4. The van der Waals surface area contributed by atoms with Crippen LogP contribution in [0.3, 0.4) is 0 Å². The van der Waals surface area contributed by atoms with Crippen molar-refractivity contribution in [1.82, 2.24) is 4.90 Å². The Morgan fingerprint density at radius 2 is 1.81 bits per heavy atom. The predicted molar refractivity (Wildman–Crippen MR) is 118 cm³/mol. The average Bonchev–Trinajstić information content (AvgIpc) is 3.05. The molecule has 4 amide bonds. The van der Waals surface area contributed by atoms with Crippen LogP contribution < -0.4 is 15.0 Å². The molecule has 8 heteroatoms. The molecule has 2 aromatic carbocycles. The molecule has 0 radical (unpaired) electrons. The van der Waals surface area contributed by atoms with E-state index in [0.29, 0.717) is 17.1 Å². The first kappa shape index (κ1) is 21.8. The van der Waals surface area contributed by atoms with Gasteiger partial charge in [-0.05, 0) is 49.2 Å². The second-order valence-corrected chi connectivity index (χ2v) is 8.13. The first-order chi connectivity index (χ1) is 15.5. The molecule has 168 valence electrons. The highest BCUT2D eigenvalue weighted by molar-refractivity contribution is 6.22. The Hall–Kier alpha value is -3.42. The Morgan fingerprint density at radius 3 is 2.50 bits per heavy atom. The molecule has 2 aliphatic rings. The van der Waals surface area contributed by atoms with Crippen LogP contribution in [-0.2, 0) is 9.59 Å². The lowest BCUT2D eigenvalue weighted by Gasteiger charge is -2.33. The van der Waals surface area contributed by atoms with Crippen LogP contribution in [-0.4, -0.2) is 41.9 Å². The fraction of sp³-hybridized carbons (Fsp3) is 0.375. The summed E-state index contributed by atoms with van der Waals surface area (Å²) >= 11 is 0. The zero-order valence-corrected chi connectivity index (χ0v) is 17.9. The van der Waals surface area contributed by atoms with Crippen LogP contribution in [0, 0.1) is 5.82 Å². The predicted octanol–water partition coefficient (Wildman–Crippen LogP) is 4.33. The minimum atomic E-state index is -0.891. The number of nitrogens with one attached hydrogen (secondary N) is 1. The standard InChI is InChI=1S/C24H26FN3O4/c1-32-20-9-5-8-19(14-20)28-23(30)21(27(24(28)31)18-6-3-2-4-7-18)15-22(29)26-17-12-10-16(25)11-13-17/h5,8-14,18,21H,2-4,6-7,15H2,1H3,(H,26,29)/t21-/m0/s1. The van der Waals surface area contributed by atoms with Gasteiger partial charge in [-0.1, -0.05) is 25.3 Å². The molecule has 0 aromatic heterocycles. The van der Waals surface area contributed by atoms with Gasteiger partial charge in [0.1, 0.15) is 17.6 Å². The number of imide groups is 1. The molecular formula is C24H26FN3O4. The number of nitrogens with zero attached hydrogens (tertiary/aromatic N) is 2. The smallest absolute Gasteiger partial charge is 0.332 e. The number of benzene rings is 2. The zero-order valence-electron chi connectivity index (χ0n) is 17.9. The van der Waals surface area contributed by atoms with E-state index in [2.05, 4.69) is 5.32 Å². The van der Waals surface area contributed by atoms with Gasteiger partial charge < -0.3 is 15.0 Å². The normalized spacial score (nSPS) is 19.4. The van der Waals surface area contributed by atoms with Crippen LogP contribution in [0.15, 0.2) is 48.5 Å². The van der Waals surface area contributed by atoms with Gasteiger partial charge in [0, 0.05) is 17.8 Å². The Balaban J connectivity index is 1.59.